The van der Waals surface area contributed by atoms with Crippen molar-refractivity contribution >= 4 is 26.8 Å². The van der Waals surface area contributed by atoms with Gasteiger partial charge in [-0.3, -0.25) is 9.59 Å². The molecule has 5 rings (SSSR count). The number of hydrogen-bond acceptors (Lipinski definition) is 6. The lowest BCUT2D eigenvalue weighted by atomic mass is 10.0. The van der Waals surface area contributed by atoms with E-state index in [9.17, 15) is 18.0 Å². The number of ether oxygens (including phenoxy) is 1. The molecule has 2 aromatic carbocycles. The first-order valence-electron chi connectivity index (χ1n) is 12.0. The fourth-order valence-corrected chi connectivity index (χ4v) is 6.87. The average Bonchev–Trinajstić information content (AvgIpc) is 3.07. The Labute approximate surface area is 204 Å². The van der Waals surface area contributed by atoms with Gasteiger partial charge in [0.25, 0.3) is 21.5 Å². The number of likely N-dealkylation sites (tertiary alicyclic amines) is 1. The van der Waals surface area contributed by atoms with Crippen LogP contribution in [0.5, 0.6) is 5.75 Å². The number of methoxy groups -OCH3 is 1. The molecule has 35 heavy (non-hydrogen) atoms. The van der Waals surface area contributed by atoms with Gasteiger partial charge in [-0.05, 0) is 61.9 Å². The molecule has 0 aliphatic carbocycles. The third kappa shape index (κ3) is 4.23. The number of nitrogens with zero attached hydrogens (tertiary/aromatic N) is 3. The summed E-state index contributed by atoms with van der Waals surface area (Å²) < 4.78 is 33.8. The number of carbonyl (C=O) groups is 1. The maximum Gasteiger partial charge on any atom is 0.272 e. The van der Waals surface area contributed by atoms with E-state index in [1.807, 2.05) is 34.9 Å². The van der Waals surface area contributed by atoms with Gasteiger partial charge >= 0.3 is 0 Å². The van der Waals surface area contributed by atoms with Crippen LogP contribution < -0.4 is 10.3 Å². The van der Waals surface area contributed by atoms with Crippen molar-refractivity contribution in [2.45, 2.75) is 36.6 Å². The molecule has 0 spiro atoms. The van der Waals surface area contributed by atoms with Gasteiger partial charge in [0.05, 0.1) is 12.6 Å². The maximum atomic E-state index is 12.9. The van der Waals surface area contributed by atoms with Crippen molar-refractivity contribution in [1.29, 1.82) is 0 Å². The van der Waals surface area contributed by atoms with E-state index in [-0.39, 0.29) is 34.4 Å². The average molecular weight is 496 g/mol. The van der Waals surface area contributed by atoms with Crippen molar-refractivity contribution in [3.8, 4) is 5.75 Å². The van der Waals surface area contributed by atoms with E-state index in [4.69, 9.17) is 4.74 Å². The molecule has 3 aromatic rings. The van der Waals surface area contributed by atoms with Gasteiger partial charge in [-0.1, -0.05) is 24.3 Å². The minimum Gasteiger partial charge on any atom is -0.496 e. The van der Waals surface area contributed by atoms with Crippen molar-refractivity contribution in [2.24, 2.45) is 0 Å². The molecule has 9 heteroatoms. The Morgan fingerprint density at radius 1 is 0.914 bits per heavy atom. The molecular formula is C26H29N3O5S. The Morgan fingerprint density at radius 2 is 1.66 bits per heavy atom. The highest BCUT2D eigenvalue weighted by Crippen LogP contribution is 2.36. The zero-order valence-electron chi connectivity index (χ0n) is 19.7. The van der Waals surface area contributed by atoms with Crippen molar-refractivity contribution < 1.29 is 17.9 Å². The summed E-state index contributed by atoms with van der Waals surface area (Å²) in [6, 6.07) is 16.3. The van der Waals surface area contributed by atoms with E-state index < -0.39 is 15.9 Å². The highest BCUT2D eigenvalue weighted by Gasteiger charge is 2.42. The summed E-state index contributed by atoms with van der Waals surface area (Å²) in [5, 5.41) is 1.07. The Bertz CT molecular complexity index is 1420. The second-order valence-electron chi connectivity index (χ2n) is 9.10. The Morgan fingerprint density at radius 3 is 2.43 bits per heavy atom. The Kier molecular flexibility index (Phi) is 6.37. The van der Waals surface area contributed by atoms with Gasteiger partial charge in [0.2, 0.25) is 0 Å². The van der Waals surface area contributed by atoms with E-state index >= 15 is 0 Å². The van der Waals surface area contributed by atoms with Crippen LogP contribution >= 0.6 is 0 Å². The quantitative estimate of drug-likeness (QED) is 0.468. The highest BCUT2D eigenvalue weighted by atomic mass is 32.2. The first-order chi connectivity index (χ1) is 16.9. The van der Waals surface area contributed by atoms with Gasteiger partial charge in [-0.15, -0.1) is 0 Å². The lowest BCUT2D eigenvalue weighted by Gasteiger charge is -2.33. The molecule has 2 aliphatic heterocycles. The van der Waals surface area contributed by atoms with Crippen molar-refractivity contribution in [3.05, 3.63) is 70.5 Å². The molecular weight excluding hydrogens is 466 g/mol. The topological polar surface area (TPSA) is 88.9 Å². The second kappa shape index (κ2) is 9.47. The molecule has 0 atom stereocenters. The molecule has 1 aromatic heterocycles. The van der Waals surface area contributed by atoms with Crippen LogP contribution in [0.1, 0.15) is 42.1 Å². The van der Waals surface area contributed by atoms with E-state index in [2.05, 4.69) is 4.90 Å². The van der Waals surface area contributed by atoms with Crippen LogP contribution in [0.25, 0.3) is 10.9 Å². The van der Waals surface area contributed by atoms with Gasteiger partial charge in [-0.25, -0.2) is 12.7 Å². The monoisotopic (exact) mass is 495 g/mol. The van der Waals surface area contributed by atoms with Gasteiger partial charge in [0.15, 0.2) is 0 Å². The number of aromatic nitrogens is 1. The summed E-state index contributed by atoms with van der Waals surface area (Å²) in [7, 11) is -2.41. The third-order valence-electron chi connectivity index (χ3n) is 7.06. The number of fused-ring (bicyclic) bond motifs is 2. The van der Waals surface area contributed by atoms with E-state index in [0.717, 1.165) is 54.1 Å². The Balaban J connectivity index is 1.15. The standard InChI is InChI=1S/C26H29N3O5S/c1-34-22-9-6-10-23-25(22)26(31)28(35(23,32)33)16-5-4-15-27-17-13-20(14-18-27)29-21-8-3-2-7-19(21)11-12-24(29)30/h2-3,6-12,20H,4-5,13-18H2,1H3. The summed E-state index contributed by atoms with van der Waals surface area (Å²) in [6.45, 7) is 2.74. The van der Waals surface area contributed by atoms with Crippen LogP contribution in [0.15, 0.2) is 64.3 Å². The number of para-hydroxylation sites is 1. The summed E-state index contributed by atoms with van der Waals surface area (Å²) in [4.78, 5) is 27.8. The van der Waals surface area contributed by atoms with Gasteiger partial charge < -0.3 is 14.2 Å². The molecule has 0 unspecified atom stereocenters. The number of piperidine rings is 1. The Hall–Kier alpha value is -3.17. The molecule has 1 saturated heterocycles. The van der Waals surface area contributed by atoms with E-state index in [1.54, 1.807) is 18.2 Å². The van der Waals surface area contributed by atoms with Gasteiger partial charge in [0, 0.05) is 31.7 Å². The lowest BCUT2D eigenvalue weighted by molar-refractivity contribution is 0.0865. The fourth-order valence-electron chi connectivity index (χ4n) is 5.26. The number of carbonyl (C=O) groups excluding carboxylic acids is 1. The largest absolute Gasteiger partial charge is 0.496 e. The summed E-state index contributed by atoms with van der Waals surface area (Å²) in [5.41, 5.74) is 1.14. The molecule has 0 N–H and O–H groups in total. The molecule has 8 nitrogen and oxygen atoms in total. The fraction of sp³-hybridized carbons (Fsp3) is 0.385. The van der Waals surface area contributed by atoms with E-state index in [1.165, 1.54) is 13.2 Å². The number of hydrogen-bond donors (Lipinski definition) is 0. The highest BCUT2D eigenvalue weighted by molar-refractivity contribution is 7.90. The minimum atomic E-state index is -3.84. The first-order valence-corrected chi connectivity index (χ1v) is 13.4. The SMILES string of the molecule is COc1cccc2c1C(=O)N(CCCCN1CCC(n3c(=O)ccc4ccccc43)CC1)S2(=O)=O. The third-order valence-corrected chi connectivity index (χ3v) is 8.89. The van der Waals surface area contributed by atoms with Crippen LogP contribution in [0, 0.1) is 0 Å². The molecule has 0 saturated carbocycles. The zero-order chi connectivity index (χ0) is 24.6. The zero-order valence-corrected chi connectivity index (χ0v) is 20.5. The van der Waals surface area contributed by atoms with Crippen molar-refractivity contribution in [1.82, 2.24) is 13.8 Å². The minimum absolute atomic E-state index is 0.0209. The molecule has 1 fully saturated rings. The van der Waals surface area contributed by atoms with Crippen LogP contribution in [0.4, 0.5) is 0 Å². The number of amides is 1. The lowest BCUT2D eigenvalue weighted by Crippen LogP contribution is -2.38. The molecule has 2 aliphatic rings. The smallest absolute Gasteiger partial charge is 0.272 e. The number of rotatable bonds is 7. The molecule has 1 amide bonds. The number of benzene rings is 2. The molecule has 184 valence electrons. The summed E-state index contributed by atoms with van der Waals surface area (Å²) in [5.74, 6) is -0.231. The molecule has 3 heterocycles. The van der Waals surface area contributed by atoms with Gasteiger partial charge in [-0.2, -0.15) is 0 Å². The normalized spacial score (nSPS) is 18.2. The molecule has 0 bridgehead atoms. The van der Waals surface area contributed by atoms with Crippen LogP contribution in [-0.4, -0.2) is 61.4 Å². The van der Waals surface area contributed by atoms with Crippen LogP contribution in [-0.2, 0) is 10.0 Å². The summed E-state index contributed by atoms with van der Waals surface area (Å²) in [6.07, 6.45) is 3.15. The first kappa shape index (κ1) is 23.6. The van der Waals surface area contributed by atoms with Crippen LogP contribution in [0.2, 0.25) is 0 Å². The van der Waals surface area contributed by atoms with Crippen molar-refractivity contribution in [2.75, 3.05) is 33.3 Å². The van der Waals surface area contributed by atoms with Crippen molar-refractivity contribution in [3.63, 3.8) is 0 Å². The predicted octanol–water partition coefficient (Wildman–Crippen LogP) is 3.27. The number of pyridine rings is 1. The maximum absolute atomic E-state index is 12.9. The number of sulfonamides is 1. The van der Waals surface area contributed by atoms with Crippen LogP contribution in [0.3, 0.4) is 0 Å². The molecule has 0 radical (unpaired) electrons. The van der Waals surface area contributed by atoms with E-state index in [0.29, 0.717) is 6.42 Å². The second-order valence-corrected chi connectivity index (χ2v) is 10.9. The van der Waals surface area contributed by atoms with Gasteiger partial charge in [0.1, 0.15) is 16.2 Å². The number of unbranched alkanes of at least 4 members (excludes halogenated alkanes) is 1. The predicted molar refractivity (Wildman–Crippen MR) is 133 cm³/mol. The summed E-state index contributed by atoms with van der Waals surface area (Å²) >= 11 is 0.